The maximum atomic E-state index is 12.2. The number of benzene rings is 1. The van der Waals surface area contributed by atoms with Crippen LogP contribution in [-0.4, -0.2) is 31.5 Å². The van der Waals surface area contributed by atoms with Gasteiger partial charge in [0.2, 0.25) is 16.0 Å². The van der Waals surface area contributed by atoms with Gasteiger partial charge in [-0.1, -0.05) is 6.07 Å². The molecule has 1 aliphatic rings. The monoisotopic (exact) mass is 330 g/mol. The molecule has 1 aromatic carbocycles. The Labute approximate surface area is 133 Å². The number of nitrogens with zero attached hydrogens (tertiary/aromatic N) is 3. The number of nitriles is 1. The van der Waals surface area contributed by atoms with E-state index in [0.29, 0.717) is 30.0 Å². The Morgan fingerprint density at radius 3 is 2.96 bits per heavy atom. The molecule has 9 heteroatoms. The molecule has 118 valence electrons. The lowest BCUT2D eigenvalue weighted by Gasteiger charge is -2.09. The molecule has 8 nitrogen and oxygen atoms in total. The first-order chi connectivity index (χ1) is 11.1. The summed E-state index contributed by atoms with van der Waals surface area (Å²) in [7, 11) is -3.56. The number of hydrogen-bond acceptors (Lipinski definition) is 7. The Morgan fingerprint density at radius 2 is 2.13 bits per heavy atom. The Hall–Kier alpha value is -2.70. The SMILES string of the molecule is N#Cc1cnc2nc1NCCCNS(=O)(=O)c1cccc(c1)N2. The molecule has 1 aliphatic heterocycles. The molecule has 2 aromatic rings. The highest BCUT2D eigenvalue weighted by Gasteiger charge is 2.15. The molecular weight excluding hydrogens is 316 g/mol. The molecule has 0 fully saturated rings. The standard InChI is InChI=1S/C14H14N6O2S/c15-8-10-9-17-14-19-11-3-1-4-12(7-11)23(21,22)18-6-2-5-16-13(10)20-14/h1,3-4,7,9,18H,2,5-6H2,(H2,16,17,19,20). The van der Waals surface area contributed by atoms with Crippen LogP contribution in [-0.2, 0) is 10.0 Å². The quantitative estimate of drug-likeness (QED) is 0.663. The summed E-state index contributed by atoms with van der Waals surface area (Å²) in [6, 6.07) is 8.41. The molecule has 2 heterocycles. The maximum Gasteiger partial charge on any atom is 0.240 e. The minimum Gasteiger partial charge on any atom is -0.369 e. The summed E-state index contributed by atoms with van der Waals surface area (Å²) in [6.07, 6.45) is 1.98. The summed E-state index contributed by atoms with van der Waals surface area (Å²) in [6.45, 7) is 0.762. The second-order valence-electron chi connectivity index (χ2n) is 4.90. The Kier molecular flexibility index (Phi) is 4.10. The third-order valence-corrected chi connectivity index (χ3v) is 4.71. The first-order valence-corrected chi connectivity index (χ1v) is 8.44. The van der Waals surface area contributed by atoms with E-state index >= 15 is 0 Å². The van der Waals surface area contributed by atoms with Crippen LogP contribution in [0.3, 0.4) is 0 Å². The second-order valence-corrected chi connectivity index (χ2v) is 6.67. The number of sulfonamides is 1. The number of aromatic nitrogens is 2. The molecule has 0 saturated heterocycles. The zero-order chi connectivity index (χ0) is 16.3. The summed E-state index contributed by atoms with van der Waals surface area (Å²) < 4.78 is 27.0. The van der Waals surface area contributed by atoms with Gasteiger partial charge in [0.1, 0.15) is 17.5 Å². The molecule has 0 atom stereocenters. The Morgan fingerprint density at radius 1 is 1.26 bits per heavy atom. The molecule has 3 N–H and O–H groups in total. The van der Waals surface area contributed by atoms with E-state index in [4.69, 9.17) is 5.26 Å². The van der Waals surface area contributed by atoms with Gasteiger partial charge in [-0.2, -0.15) is 10.2 Å². The van der Waals surface area contributed by atoms with Crippen molar-refractivity contribution in [2.75, 3.05) is 23.7 Å². The summed E-state index contributed by atoms with van der Waals surface area (Å²) >= 11 is 0. The predicted molar refractivity (Wildman–Crippen MR) is 84.8 cm³/mol. The molecule has 4 bridgehead atoms. The van der Waals surface area contributed by atoms with Crippen LogP contribution in [0, 0.1) is 11.3 Å². The second kappa shape index (κ2) is 6.20. The van der Waals surface area contributed by atoms with Gasteiger partial charge in [-0.25, -0.2) is 18.1 Å². The summed E-state index contributed by atoms with van der Waals surface area (Å²) in [5, 5.41) is 15.1. The predicted octanol–water partition coefficient (Wildman–Crippen LogP) is 1.19. The number of fused-ring (bicyclic) bond motifs is 4. The van der Waals surface area contributed by atoms with Crippen molar-refractivity contribution in [3.8, 4) is 6.07 Å². The molecule has 0 aliphatic carbocycles. The molecule has 0 unspecified atom stereocenters. The van der Waals surface area contributed by atoms with Crippen molar-refractivity contribution in [2.45, 2.75) is 11.3 Å². The smallest absolute Gasteiger partial charge is 0.240 e. The Bertz CT molecular complexity index is 875. The van der Waals surface area contributed by atoms with Gasteiger partial charge in [0, 0.05) is 18.8 Å². The van der Waals surface area contributed by atoms with Crippen LogP contribution in [0.5, 0.6) is 0 Å². The summed E-state index contributed by atoms with van der Waals surface area (Å²) in [5.74, 6) is 0.705. The van der Waals surface area contributed by atoms with Crippen molar-refractivity contribution in [2.24, 2.45) is 0 Å². The average Bonchev–Trinajstić information content (AvgIpc) is 2.55. The van der Waals surface area contributed by atoms with Gasteiger partial charge in [-0.05, 0) is 24.6 Å². The highest BCUT2D eigenvalue weighted by molar-refractivity contribution is 7.89. The van der Waals surface area contributed by atoms with Crippen LogP contribution in [0.4, 0.5) is 17.5 Å². The molecule has 23 heavy (non-hydrogen) atoms. The molecule has 0 amide bonds. The molecule has 0 spiro atoms. The van der Waals surface area contributed by atoms with Crippen molar-refractivity contribution in [3.63, 3.8) is 0 Å². The zero-order valence-electron chi connectivity index (χ0n) is 12.1. The van der Waals surface area contributed by atoms with E-state index in [1.165, 1.54) is 18.3 Å². The van der Waals surface area contributed by atoms with Gasteiger partial charge in [-0.3, -0.25) is 0 Å². The lowest BCUT2D eigenvalue weighted by molar-refractivity contribution is 0.580. The number of nitrogens with one attached hydrogen (secondary N) is 3. The third kappa shape index (κ3) is 3.39. The van der Waals surface area contributed by atoms with Crippen molar-refractivity contribution in [1.29, 1.82) is 5.26 Å². The fourth-order valence-corrected chi connectivity index (χ4v) is 3.23. The fourth-order valence-electron chi connectivity index (χ4n) is 2.11. The number of anilines is 3. The van der Waals surface area contributed by atoms with Gasteiger partial charge >= 0.3 is 0 Å². The first-order valence-electron chi connectivity index (χ1n) is 6.96. The normalized spacial score (nSPS) is 16.5. The van der Waals surface area contributed by atoms with E-state index < -0.39 is 10.0 Å². The minimum absolute atomic E-state index is 0.170. The van der Waals surface area contributed by atoms with Gasteiger partial charge in [-0.15, -0.1) is 0 Å². The van der Waals surface area contributed by atoms with E-state index in [9.17, 15) is 8.42 Å². The van der Waals surface area contributed by atoms with Crippen LogP contribution >= 0.6 is 0 Å². The molecule has 3 rings (SSSR count). The van der Waals surface area contributed by atoms with Gasteiger partial charge in [0.05, 0.1) is 11.1 Å². The lowest BCUT2D eigenvalue weighted by atomic mass is 10.3. The molecule has 0 radical (unpaired) electrons. The summed E-state index contributed by atoms with van der Waals surface area (Å²) in [5.41, 5.74) is 0.877. The van der Waals surface area contributed by atoms with Crippen molar-refractivity contribution < 1.29 is 8.42 Å². The molecular formula is C14H14N6O2S. The van der Waals surface area contributed by atoms with Gasteiger partial charge < -0.3 is 10.6 Å². The first kappa shape index (κ1) is 15.2. The average molecular weight is 330 g/mol. The van der Waals surface area contributed by atoms with Gasteiger partial charge in [0.15, 0.2) is 0 Å². The van der Waals surface area contributed by atoms with E-state index in [0.717, 1.165) is 0 Å². The fraction of sp³-hybridized carbons (Fsp3) is 0.214. The third-order valence-electron chi connectivity index (χ3n) is 3.25. The number of hydrogen-bond donors (Lipinski definition) is 3. The number of rotatable bonds is 0. The molecule has 1 aromatic heterocycles. The van der Waals surface area contributed by atoms with E-state index in [1.54, 1.807) is 12.1 Å². The van der Waals surface area contributed by atoms with Crippen LogP contribution in [0.25, 0.3) is 0 Å². The minimum atomic E-state index is -3.56. The van der Waals surface area contributed by atoms with Crippen LogP contribution in [0.15, 0.2) is 35.4 Å². The van der Waals surface area contributed by atoms with Crippen LogP contribution < -0.4 is 15.4 Å². The highest BCUT2D eigenvalue weighted by atomic mass is 32.2. The van der Waals surface area contributed by atoms with E-state index in [-0.39, 0.29) is 17.4 Å². The van der Waals surface area contributed by atoms with Crippen molar-refractivity contribution >= 4 is 27.5 Å². The maximum absolute atomic E-state index is 12.2. The molecule has 0 saturated carbocycles. The lowest BCUT2D eigenvalue weighted by Crippen LogP contribution is -2.26. The van der Waals surface area contributed by atoms with Gasteiger partial charge in [0.25, 0.3) is 0 Å². The Balaban J connectivity index is 2.04. The summed E-state index contributed by atoms with van der Waals surface area (Å²) in [4.78, 5) is 8.51. The topological polar surface area (TPSA) is 120 Å². The van der Waals surface area contributed by atoms with Crippen LogP contribution in [0.2, 0.25) is 0 Å². The van der Waals surface area contributed by atoms with E-state index in [2.05, 4.69) is 25.3 Å². The van der Waals surface area contributed by atoms with Crippen molar-refractivity contribution in [3.05, 3.63) is 36.0 Å². The highest BCUT2D eigenvalue weighted by Crippen LogP contribution is 2.20. The van der Waals surface area contributed by atoms with Crippen molar-refractivity contribution in [1.82, 2.24) is 14.7 Å². The van der Waals surface area contributed by atoms with E-state index in [1.807, 2.05) is 6.07 Å². The van der Waals surface area contributed by atoms with Crippen LogP contribution in [0.1, 0.15) is 12.0 Å². The zero-order valence-corrected chi connectivity index (χ0v) is 12.9. The largest absolute Gasteiger partial charge is 0.369 e.